The molecule has 5 heteroatoms. The number of fused-ring (bicyclic) bond motifs is 5. The Balaban J connectivity index is 1.28. The average Bonchev–Trinajstić information content (AvgIpc) is 3.45. The molecular weight excluding hydrogens is 448 g/mol. The smallest absolute Gasteiger partial charge is 0.240 e. The van der Waals surface area contributed by atoms with E-state index >= 15 is 0 Å². The van der Waals surface area contributed by atoms with E-state index in [4.69, 9.17) is 9.84 Å². The molecule has 4 aliphatic carbocycles. The van der Waals surface area contributed by atoms with E-state index in [9.17, 15) is 9.90 Å². The van der Waals surface area contributed by atoms with Crippen LogP contribution in [0.15, 0.2) is 41.0 Å². The van der Waals surface area contributed by atoms with Gasteiger partial charge in [0, 0.05) is 30.5 Å². The lowest BCUT2D eigenvalue weighted by Crippen LogP contribution is -2.51. The molecule has 1 aliphatic heterocycles. The molecule has 5 aliphatic rings. The molecule has 1 aromatic carbocycles. The average molecular weight is 491 g/mol. The summed E-state index contributed by atoms with van der Waals surface area (Å²) in [5.74, 6) is 3.45. The van der Waals surface area contributed by atoms with Crippen LogP contribution in [0.25, 0.3) is 0 Å². The molecule has 3 saturated carbocycles. The number of hydrazone groups is 1. The van der Waals surface area contributed by atoms with E-state index in [0.29, 0.717) is 11.8 Å². The zero-order valence-electron chi connectivity index (χ0n) is 22.4. The van der Waals surface area contributed by atoms with E-state index < -0.39 is 0 Å². The van der Waals surface area contributed by atoms with Crippen LogP contribution in [0.3, 0.4) is 0 Å². The summed E-state index contributed by atoms with van der Waals surface area (Å²) >= 11 is 0. The van der Waals surface area contributed by atoms with Gasteiger partial charge in [0.15, 0.2) is 0 Å². The molecule has 194 valence electrons. The second kappa shape index (κ2) is 8.72. The minimum atomic E-state index is -0.147. The van der Waals surface area contributed by atoms with Gasteiger partial charge in [0.1, 0.15) is 5.75 Å². The normalized spacial score (nSPS) is 41.6. The number of methoxy groups -OCH3 is 1. The minimum Gasteiger partial charge on any atom is -0.496 e. The number of para-hydroxylation sites is 1. The van der Waals surface area contributed by atoms with Crippen molar-refractivity contribution in [2.24, 2.45) is 39.6 Å². The van der Waals surface area contributed by atoms with Gasteiger partial charge in [-0.1, -0.05) is 43.7 Å². The van der Waals surface area contributed by atoms with Gasteiger partial charge in [-0.05, 0) is 86.0 Å². The molecule has 5 nitrogen and oxygen atoms in total. The molecule has 3 unspecified atom stereocenters. The highest BCUT2D eigenvalue weighted by Crippen LogP contribution is 2.66. The second-order valence-corrected chi connectivity index (χ2v) is 12.7. The molecule has 36 heavy (non-hydrogen) atoms. The summed E-state index contributed by atoms with van der Waals surface area (Å²) in [6.07, 6.45) is 12.3. The van der Waals surface area contributed by atoms with Crippen LogP contribution in [0, 0.1) is 34.5 Å². The van der Waals surface area contributed by atoms with Gasteiger partial charge in [0.2, 0.25) is 5.91 Å². The summed E-state index contributed by atoms with van der Waals surface area (Å²) in [6, 6.07) is 7.99. The molecule has 0 bridgehead atoms. The highest BCUT2D eigenvalue weighted by Gasteiger charge is 2.60. The summed E-state index contributed by atoms with van der Waals surface area (Å²) in [4.78, 5) is 12.7. The second-order valence-electron chi connectivity index (χ2n) is 12.7. The molecule has 1 amide bonds. The van der Waals surface area contributed by atoms with E-state index in [1.54, 1.807) is 19.0 Å². The number of carbonyl (C=O) groups excluding carboxylic acids is 1. The van der Waals surface area contributed by atoms with Crippen molar-refractivity contribution >= 4 is 11.6 Å². The summed E-state index contributed by atoms with van der Waals surface area (Å²) in [5.41, 5.74) is 4.33. The predicted octanol–water partition coefficient (Wildman–Crippen LogP) is 6.28. The SMILES string of the molecule is COc1ccccc1C1CC(C2CC[C@H]3[C@@H]4CC=C5CC(O)CC[C@]5(C)[C@H]4CC[C@]23C)=NN1C(C)=O. The molecule has 1 heterocycles. The van der Waals surface area contributed by atoms with Crippen molar-refractivity contribution < 1.29 is 14.6 Å². The van der Waals surface area contributed by atoms with Crippen LogP contribution in [-0.2, 0) is 4.79 Å². The van der Waals surface area contributed by atoms with Crippen LogP contribution >= 0.6 is 0 Å². The molecule has 0 radical (unpaired) electrons. The number of nitrogens with zero attached hydrogens (tertiary/aromatic N) is 2. The zero-order valence-corrected chi connectivity index (χ0v) is 22.4. The van der Waals surface area contributed by atoms with Crippen molar-refractivity contribution in [2.75, 3.05) is 7.11 Å². The topological polar surface area (TPSA) is 62.1 Å². The minimum absolute atomic E-state index is 0.00155. The van der Waals surface area contributed by atoms with Crippen molar-refractivity contribution in [3.63, 3.8) is 0 Å². The third-order valence-electron chi connectivity index (χ3n) is 11.2. The maximum absolute atomic E-state index is 12.7. The Morgan fingerprint density at radius 3 is 2.67 bits per heavy atom. The number of hydrogen-bond acceptors (Lipinski definition) is 4. The lowest BCUT2D eigenvalue weighted by atomic mass is 9.47. The van der Waals surface area contributed by atoms with Gasteiger partial charge in [0.05, 0.1) is 19.3 Å². The first-order chi connectivity index (χ1) is 17.3. The number of rotatable bonds is 3. The van der Waals surface area contributed by atoms with Gasteiger partial charge < -0.3 is 9.84 Å². The van der Waals surface area contributed by atoms with E-state index in [1.165, 1.54) is 43.4 Å². The Hall–Kier alpha value is -2.14. The Morgan fingerprint density at radius 2 is 1.89 bits per heavy atom. The van der Waals surface area contributed by atoms with Crippen molar-refractivity contribution in [3.8, 4) is 5.75 Å². The molecule has 6 rings (SSSR count). The fourth-order valence-corrected chi connectivity index (χ4v) is 9.41. The van der Waals surface area contributed by atoms with Gasteiger partial charge in [0.25, 0.3) is 0 Å². The number of allylic oxidation sites excluding steroid dienone is 1. The van der Waals surface area contributed by atoms with Crippen molar-refractivity contribution in [3.05, 3.63) is 41.5 Å². The Morgan fingerprint density at radius 1 is 1.08 bits per heavy atom. The van der Waals surface area contributed by atoms with Crippen molar-refractivity contribution in [1.29, 1.82) is 0 Å². The third kappa shape index (κ3) is 3.52. The number of ether oxygens (including phenoxy) is 1. The van der Waals surface area contributed by atoms with E-state index in [2.05, 4.69) is 26.0 Å². The number of carbonyl (C=O) groups is 1. The number of aliphatic hydroxyl groups is 1. The van der Waals surface area contributed by atoms with Gasteiger partial charge in [-0.15, -0.1) is 0 Å². The fourth-order valence-electron chi connectivity index (χ4n) is 9.41. The fraction of sp³-hybridized carbons (Fsp3) is 0.677. The first kappa shape index (κ1) is 24.2. The number of amides is 1. The molecular formula is C31H42N2O3. The summed E-state index contributed by atoms with van der Waals surface area (Å²) < 4.78 is 5.66. The maximum Gasteiger partial charge on any atom is 0.240 e. The van der Waals surface area contributed by atoms with Crippen molar-refractivity contribution in [2.45, 2.75) is 90.7 Å². The lowest BCUT2D eigenvalue weighted by Gasteiger charge is -2.58. The Kier molecular flexibility index (Phi) is 5.86. The van der Waals surface area contributed by atoms with Crippen LogP contribution in [-0.4, -0.2) is 34.9 Å². The molecule has 3 fully saturated rings. The molecule has 1 N–H and O–H groups in total. The van der Waals surface area contributed by atoms with Gasteiger partial charge in [-0.3, -0.25) is 4.79 Å². The third-order valence-corrected chi connectivity index (χ3v) is 11.2. The highest BCUT2D eigenvalue weighted by atomic mass is 16.5. The predicted molar refractivity (Wildman–Crippen MR) is 142 cm³/mol. The Bertz CT molecular complexity index is 1110. The van der Waals surface area contributed by atoms with E-state index in [0.717, 1.165) is 48.8 Å². The quantitative estimate of drug-likeness (QED) is 0.507. The highest BCUT2D eigenvalue weighted by molar-refractivity contribution is 5.92. The first-order valence-corrected chi connectivity index (χ1v) is 14.1. The number of benzene rings is 1. The zero-order chi connectivity index (χ0) is 25.2. The van der Waals surface area contributed by atoms with Crippen LogP contribution in [0.1, 0.15) is 90.2 Å². The molecule has 0 aromatic heterocycles. The van der Waals surface area contributed by atoms with Crippen LogP contribution in [0.4, 0.5) is 0 Å². The molecule has 8 atom stereocenters. The molecule has 0 spiro atoms. The van der Waals surface area contributed by atoms with Gasteiger partial charge in [-0.25, -0.2) is 5.01 Å². The Labute approximate surface area is 216 Å². The maximum atomic E-state index is 12.7. The number of aliphatic hydroxyl groups excluding tert-OH is 1. The molecule has 0 saturated heterocycles. The van der Waals surface area contributed by atoms with E-state index in [1.807, 2.05) is 18.2 Å². The monoisotopic (exact) mass is 490 g/mol. The molecule has 1 aromatic rings. The van der Waals surface area contributed by atoms with Gasteiger partial charge >= 0.3 is 0 Å². The summed E-state index contributed by atoms with van der Waals surface area (Å²) in [6.45, 7) is 6.67. The summed E-state index contributed by atoms with van der Waals surface area (Å²) in [5, 5.41) is 17.1. The largest absolute Gasteiger partial charge is 0.496 e. The standard InChI is InChI=1S/C31H42N2O3/c1-19(34)33-28(23-7-5-6-8-29(23)36-4)18-27(32-33)26-12-11-24-22-10-9-20-17-21(35)13-15-30(20,2)25(22)14-16-31(24,26)3/h5-9,21-22,24-26,28,35H,10-18H2,1-4H3/t21?,22-,24-,25-,26?,28?,30-,31-/m0/s1. The number of hydrogen-bond donors (Lipinski definition) is 1. The van der Waals surface area contributed by atoms with E-state index in [-0.39, 0.29) is 28.9 Å². The lowest BCUT2D eigenvalue weighted by molar-refractivity contribution is -0.130. The summed E-state index contributed by atoms with van der Waals surface area (Å²) in [7, 11) is 1.70. The first-order valence-electron chi connectivity index (χ1n) is 14.1. The van der Waals surface area contributed by atoms with Crippen LogP contribution in [0.5, 0.6) is 5.75 Å². The van der Waals surface area contributed by atoms with Gasteiger partial charge in [-0.2, -0.15) is 5.10 Å². The van der Waals surface area contributed by atoms with Crippen LogP contribution in [0.2, 0.25) is 0 Å². The van der Waals surface area contributed by atoms with Crippen LogP contribution < -0.4 is 4.74 Å². The van der Waals surface area contributed by atoms with Crippen molar-refractivity contribution in [1.82, 2.24) is 5.01 Å².